The number of ether oxygens (including phenoxy) is 2. The first-order valence-corrected chi connectivity index (χ1v) is 8.82. The van der Waals surface area contributed by atoms with Gasteiger partial charge in [0.2, 0.25) is 0 Å². The van der Waals surface area contributed by atoms with Crippen LogP contribution >= 0.6 is 0 Å². The zero-order valence-electron chi connectivity index (χ0n) is 15.0. The van der Waals surface area contributed by atoms with Gasteiger partial charge in [0.15, 0.2) is 0 Å². The summed E-state index contributed by atoms with van der Waals surface area (Å²) in [6.07, 6.45) is -0.547. The molecular formula is C20H25FN2O3. The number of rotatable bonds is 7. The van der Waals surface area contributed by atoms with Gasteiger partial charge in [-0.2, -0.15) is 0 Å². The fourth-order valence-electron chi connectivity index (χ4n) is 3.06. The molecule has 1 atom stereocenters. The average Bonchev–Trinajstić information content (AvgIpc) is 2.68. The van der Waals surface area contributed by atoms with Crippen LogP contribution in [-0.4, -0.2) is 62.6 Å². The smallest absolute Gasteiger partial charge is 0.123 e. The molecule has 0 aromatic heterocycles. The van der Waals surface area contributed by atoms with Gasteiger partial charge in [-0.25, -0.2) is 4.39 Å². The van der Waals surface area contributed by atoms with Gasteiger partial charge in [-0.1, -0.05) is 0 Å². The van der Waals surface area contributed by atoms with Crippen molar-refractivity contribution in [2.45, 2.75) is 6.10 Å². The monoisotopic (exact) mass is 360 g/mol. The number of piperazine rings is 1. The van der Waals surface area contributed by atoms with E-state index in [1.807, 2.05) is 36.4 Å². The van der Waals surface area contributed by atoms with E-state index in [1.54, 1.807) is 7.11 Å². The minimum absolute atomic E-state index is 0.215. The number of nitrogens with zero attached hydrogens (tertiary/aromatic N) is 2. The van der Waals surface area contributed by atoms with Gasteiger partial charge >= 0.3 is 0 Å². The van der Waals surface area contributed by atoms with Crippen molar-refractivity contribution < 1.29 is 19.0 Å². The van der Waals surface area contributed by atoms with Crippen LogP contribution in [0.3, 0.4) is 0 Å². The lowest BCUT2D eigenvalue weighted by molar-refractivity contribution is 0.0663. The standard InChI is InChI=1S/C20H25FN2O3/c1-25-19-6-8-20(9-7-19)26-15-18(24)14-22-10-12-23(13-11-22)17-4-2-16(21)3-5-17/h2-9,18,24H,10-15H2,1H3/t18-/m0/s1. The third-order valence-electron chi connectivity index (χ3n) is 4.53. The number of hydrogen-bond donors (Lipinski definition) is 1. The van der Waals surface area contributed by atoms with Crippen molar-refractivity contribution in [1.29, 1.82) is 0 Å². The maximum atomic E-state index is 13.0. The van der Waals surface area contributed by atoms with Gasteiger partial charge < -0.3 is 19.5 Å². The highest BCUT2D eigenvalue weighted by Crippen LogP contribution is 2.18. The average molecular weight is 360 g/mol. The normalized spacial score (nSPS) is 16.3. The molecule has 2 aromatic carbocycles. The van der Waals surface area contributed by atoms with Crippen LogP contribution < -0.4 is 14.4 Å². The molecule has 3 rings (SSSR count). The number of methoxy groups -OCH3 is 1. The Balaban J connectivity index is 1.40. The van der Waals surface area contributed by atoms with E-state index in [4.69, 9.17) is 9.47 Å². The molecule has 1 saturated heterocycles. The fourth-order valence-corrected chi connectivity index (χ4v) is 3.06. The minimum atomic E-state index is -0.547. The second kappa shape index (κ2) is 8.87. The topological polar surface area (TPSA) is 45.2 Å². The summed E-state index contributed by atoms with van der Waals surface area (Å²) in [6, 6.07) is 13.9. The van der Waals surface area contributed by atoms with Gasteiger partial charge in [-0.05, 0) is 48.5 Å². The lowest BCUT2D eigenvalue weighted by Gasteiger charge is -2.36. The summed E-state index contributed by atoms with van der Waals surface area (Å²) in [5.74, 6) is 1.27. The largest absolute Gasteiger partial charge is 0.497 e. The Morgan fingerprint density at radius 1 is 0.962 bits per heavy atom. The first-order chi connectivity index (χ1) is 12.6. The van der Waals surface area contributed by atoms with Crippen LogP contribution in [0.5, 0.6) is 11.5 Å². The van der Waals surface area contributed by atoms with Gasteiger partial charge in [-0.15, -0.1) is 0 Å². The van der Waals surface area contributed by atoms with Crippen molar-refractivity contribution in [2.75, 3.05) is 51.3 Å². The van der Waals surface area contributed by atoms with Crippen molar-refractivity contribution in [3.05, 3.63) is 54.3 Å². The van der Waals surface area contributed by atoms with E-state index in [0.29, 0.717) is 12.3 Å². The Hall–Kier alpha value is -2.31. The van der Waals surface area contributed by atoms with E-state index >= 15 is 0 Å². The minimum Gasteiger partial charge on any atom is -0.497 e. The Morgan fingerprint density at radius 2 is 1.58 bits per heavy atom. The molecule has 0 radical (unpaired) electrons. The van der Waals surface area contributed by atoms with Gasteiger partial charge in [0.05, 0.1) is 7.11 Å². The molecule has 1 N–H and O–H groups in total. The van der Waals surface area contributed by atoms with E-state index in [9.17, 15) is 9.50 Å². The van der Waals surface area contributed by atoms with Gasteiger partial charge in [0, 0.05) is 38.4 Å². The van der Waals surface area contributed by atoms with Crippen LogP contribution in [0.25, 0.3) is 0 Å². The Bertz CT molecular complexity index is 670. The van der Waals surface area contributed by atoms with Crippen LogP contribution in [0.2, 0.25) is 0 Å². The quantitative estimate of drug-likeness (QED) is 0.822. The van der Waals surface area contributed by atoms with Crippen molar-refractivity contribution in [3.8, 4) is 11.5 Å². The highest BCUT2D eigenvalue weighted by atomic mass is 19.1. The fraction of sp³-hybridized carbons (Fsp3) is 0.400. The molecular weight excluding hydrogens is 335 g/mol. The van der Waals surface area contributed by atoms with E-state index < -0.39 is 6.10 Å². The van der Waals surface area contributed by atoms with Crippen LogP contribution in [0.1, 0.15) is 0 Å². The Kier molecular flexibility index (Phi) is 6.30. The number of halogens is 1. The molecule has 1 aliphatic heterocycles. The molecule has 140 valence electrons. The number of hydrogen-bond acceptors (Lipinski definition) is 5. The van der Waals surface area contributed by atoms with Crippen molar-refractivity contribution in [1.82, 2.24) is 4.90 Å². The number of aliphatic hydroxyl groups excluding tert-OH is 1. The molecule has 6 heteroatoms. The van der Waals surface area contributed by atoms with E-state index in [-0.39, 0.29) is 12.4 Å². The van der Waals surface area contributed by atoms with Gasteiger partial charge in [0.1, 0.15) is 30.0 Å². The molecule has 1 heterocycles. The second-order valence-electron chi connectivity index (χ2n) is 6.40. The number of anilines is 1. The van der Waals surface area contributed by atoms with Crippen LogP contribution in [0.4, 0.5) is 10.1 Å². The lowest BCUT2D eigenvalue weighted by Crippen LogP contribution is -2.49. The number of aliphatic hydroxyl groups is 1. The lowest BCUT2D eigenvalue weighted by atomic mass is 10.2. The zero-order chi connectivity index (χ0) is 18.4. The predicted molar refractivity (Wildman–Crippen MR) is 99.5 cm³/mol. The van der Waals surface area contributed by atoms with Gasteiger partial charge in [0.25, 0.3) is 0 Å². The molecule has 0 aliphatic carbocycles. The third-order valence-corrected chi connectivity index (χ3v) is 4.53. The first kappa shape index (κ1) is 18.5. The molecule has 26 heavy (non-hydrogen) atoms. The summed E-state index contributed by atoms with van der Waals surface area (Å²) in [7, 11) is 1.62. The highest BCUT2D eigenvalue weighted by Gasteiger charge is 2.19. The Morgan fingerprint density at radius 3 is 2.19 bits per heavy atom. The van der Waals surface area contributed by atoms with Crippen molar-refractivity contribution in [2.24, 2.45) is 0 Å². The zero-order valence-corrected chi connectivity index (χ0v) is 15.0. The molecule has 2 aromatic rings. The van der Waals surface area contributed by atoms with Crippen LogP contribution in [0.15, 0.2) is 48.5 Å². The molecule has 5 nitrogen and oxygen atoms in total. The van der Waals surface area contributed by atoms with E-state index in [1.165, 1.54) is 12.1 Å². The summed E-state index contributed by atoms with van der Waals surface area (Å²) < 4.78 is 23.8. The second-order valence-corrected chi connectivity index (χ2v) is 6.40. The summed E-state index contributed by atoms with van der Waals surface area (Å²) in [6.45, 7) is 4.27. The number of benzene rings is 2. The van der Waals surface area contributed by atoms with Gasteiger partial charge in [-0.3, -0.25) is 4.90 Å². The number of β-amino-alcohol motifs (C(OH)–C–C–N with tert-alkyl or cyclic N) is 1. The van der Waals surface area contributed by atoms with Crippen LogP contribution in [-0.2, 0) is 0 Å². The van der Waals surface area contributed by atoms with Crippen LogP contribution in [0, 0.1) is 5.82 Å². The summed E-state index contributed by atoms with van der Waals surface area (Å²) in [4.78, 5) is 4.46. The SMILES string of the molecule is COc1ccc(OC[C@@H](O)CN2CCN(c3ccc(F)cc3)CC2)cc1. The molecule has 0 spiro atoms. The molecule has 1 fully saturated rings. The summed E-state index contributed by atoms with van der Waals surface area (Å²) in [5.41, 5.74) is 1.04. The maximum absolute atomic E-state index is 13.0. The van der Waals surface area contributed by atoms with Crippen molar-refractivity contribution >= 4 is 5.69 Å². The first-order valence-electron chi connectivity index (χ1n) is 8.82. The molecule has 0 unspecified atom stereocenters. The highest BCUT2D eigenvalue weighted by molar-refractivity contribution is 5.46. The molecule has 0 bridgehead atoms. The predicted octanol–water partition coefficient (Wildman–Crippen LogP) is 2.40. The van der Waals surface area contributed by atoms with Crippen molar-refractivity contribution in [3.63, 3.8) is 0 Å². The van der Waals surface area contributed by atoms with E-state index in [2.05, 4.69) is 9.80 Å². The third kappa shape index (κ3) is 5.09. The maximum Gasteiger partial charge on any atom is 0.123 e. The van der Waals surface area contributed by atoms with E-state index in [0.717, 1.165) is 37.6 Å². The summed E-state index contributed by atoms with van der Waals surface area (Å²) >= 11 is 0. The summed E-state index contributed by atoms with van der Waals surface area (Å²) in [5, 5.41) is 10.2. The molecule has 0 amide bonds. The molecule has 0 saturated carbocycles. The molecule has 1 aliphatic rings. The Labute approximate surface area is 153 Å².